The topological polar surface area (TPSA) is 110 Å². The van der Waals surface area contributed by atoms with Crippen molar-refractivity contribution in [2.24, 2.45) is 0 Å². The summed E-state index contributed by atoms with van der Waals surface area (Å²) in [5, 5.41) is 45.6. The van der Waals surface area contributed by atoms with E-state index in [0.29, 0.717) is 0 Å². The highest BCUT2D eigenvalue weighted by molar-refractivity contribution is 4.91. The van der Waals surface area contributed by atoms with Crippen LogP contribution in [0.1, 0.15) is 6.42 Å². The van der Waals surface area contributed by atoms with Crippen molar-refractivity contribution in [2.45, 2.75) is 30.5 Å². The first-order valence-corrected chi connectivity index (χ1v) is 4.02. The zero-order chi connectivity index (χ0) is 10.1. The van der Waals surface area contributed by atoms with E-state index in [9.17, 15) is 15.3 Å². The Kier molecular flexibility index (Phi) is 3.23. The van der Waals surface area contributed by atoms with Gasteiger partial charge in [0, 0.05) is 13.0 Å². The van der Waals surface area contributed by atoms with E-state index < -0.39 is 24.1 Å². The zero-order valence-electron chi connectivity index (χ0n) is 7.00. The fourth-order valence-electron chi connectivity index (χ4n) is 1.27. The van der Waals surface area contributed by atoms with Gasteiger partial charge < -0.3 is 30.3 Å². The monoisotopic (exact) mass is 194 g/mol. The van der Waals surface area contributed by atoms with Gasteiger partial charge in [0.15, 0.2) is 5.79 Å². The van der Waals surface area contributed by atoms with Gasteiger partial charge in [0.1, 0.15) is 18.3 Å². The molecule has 5 N–H and O–H groups in total. The molecule has 0 saturated carbocycles. The summed E-state index contributed by atoms with van der Waals surface area (Å²) in [6, 6.07) is 0. The number of aliphatic hydroxyl groups excluding tert-OH is 4. The molecule has 1 unspecified atom stereocenters. The zero-order valence-corrected chi connectivity index (χ0v) is 7.00. The van der Waals surface area contributed by atoms with Gasteiger partial charge in [-0.3, -0.25) is 0 Å². The van der Waals surface area contributed by atoms with E-state index in [1.54, 1.807) is 0 Å². The highest BCUT2D eigenvalue weighted by Crippen LogP contribution is 2.26. The van der Waals surface area contributed by atoms with E-state index in [1.807, 2.05) is 0 Å². The molecule has 0 aromatic heterocycles. The third-order valence-electron chi connectivity index (χ3n) is 2.15. The minimum absolute atomic E-state index is 0.210. The molecule has 1 fully saturated rings. The fraction of sp³-hybridized carbons (Fsp3) is 1.00. The van der Waals surface area contributed by atoms with Gasteiger partial charge in [-0.25, -0.2) is 0 Å². The molecule has 1 aliphatic rings. The van der Waals surface area contributed by atoms with Crippen LogP contribution >= 0.6 is 0 Å². The van der Waals surface area contributed by atoms with E-state index in [2.05, 4.69) is 0 Å². The van der Waals surface area contributed by atoms with Crippen LogP contribution in [-0.4, -0.2) is 62.8 Å². The molecule has 78 valence electrons. The average Bonchev–Trinajstić information content (AvgIpc) is 2.10. The summed E-state index contributed by atoms with van der Waals surface area (Å²) in [5.74, 6) is -1.96. The van der Waals surface area contributed by atoms with Gasteiger partial charge in [-0.15, -0.1) is 0 Å². The Morgan fingerprint density at radius 2 is 1.92 bits per heavy atom. The summed E-state index contributed by atoms with van der Waals surface area (Å²) >= 11 is 0. The van der Waals surface area contributed by atoms with Crippen LogP contribution in [0.4, 0.5) is 0 Å². The lowest BCUT2D eigenvalue weighted by molar-refractivity contribution is -0.325. The van der Waals surface area contributed by atoms with Gasteiger partial charge >= 0.3 is 0 Å². The summed E-state index contributed by atoms with van der Waals surface area (Å²) in [6.07, 6.45) is -4.49. The van der Waals surface area contributed by atoms with Gasteiger partial charge in [-0.05, 0) is 0 Å². The highest BCUT2D eigenvalue weighted by atomic mass is 16.6. The number of rotatable bonds is 2. The lowest BCUT2D eigenvalue weighted by Gasteiger charge is -2.41. The quantitative estimate of drug-likeness (QED) is 0.324. The summed E-state index contributed by atoms with van der Waals surface area (Å²) < 4.78 is 4.74. The number of hydrogen-bond acceptors (Lipinski definition) is 6. The molecule has 6 nitrogen and oxygen atoms in total. The van der Waals surface area contributed by atoms with Crippen LogP contribution < -0.4 is 0 Å². The standard InChI is InChI=1S/C7H14O6/c8-2-1-7(12)6(11)5(10)4(9)3-13-7/h4-6,8-12H,1-3H2/t4-,5+,6-,7?/m1/s1. The summed E-state index contributed by atoms with van der Waals surface area (Å²) in [4.78, 5) is 0. The molecular weight excluding hydrogens is 180 g/mol. The minimum Gasteiger partial charge on any atom is -0.396 e. The minimum atomic E-state index is -1.96. The van der Waals surface area contributed by atoms with E-state index in [-0.39, 0.29) is 19.6 Å². The van der Waals surface area contributed by atoms with Crippen LogP contribution in [-0.2, 0) is 4.74 Å². The molecule has 13 heavy (non-hydrogen) atoms. The third kappa shape index (κ3) is 1.98. The Morgan fingerprint density at radius 1 is 1.31 bits per heavy atom. The lowest BCUT2D eigenvalue weighted by Crippen LogP contribution is -2.61. The second-order valence-electron chi connectivity index (χ2n) is 3.13. The first kappa shape index (κ1) is 10.8. The Hall–Kier alpha value is -0.240. The molecule has 0 aromatic rings. The van der Waals surface area contributed by atoms with E-state index >= 15 is 0 Å². The van der Waals surface area contributed by atoms with Crippen molar-refractivity contribution < 1.29 is 30.3 Å². The molecular formula is C7H14O6. The molecule has 0 aliphatic carbocycles. The molecule has 1 aliphatic heterocycles. The summed E-state index contributed by atoms with van der Waals surface area (Å²) in [5.41, 5.74) is 0. The van der Waals surface area contributed by atoms with Crippen molar-refractivity contribution in [3.05, 3.63) is 0 Å². The molecule has 1 saturated heterocycles. The summed E-state index contributed by atoms with van der Waals surface area (Å²) in [7, 11) is 0. The van der Waals surface area contributed by atoms with Crippen molar-refractivity contribution >= 4 is 0 Å². The van der Waals surface area contributed by atoms with Crippen LogP contribution in [0, 0.1) is 0 Å². The Balaban J connectivity index is 2.67. The Morgan fingerprint density at radius 3 is 2.46 bits per heavy atom. The number of ether oxygens (including phenoxy) is 1. The normalized spacial score (nSPS) is 46.4. The predicted molar refractivity (Wildman–Crippen MR) is 40.6 cm³/mol. The second-order valence-corrected chi connectivity index (χ2v) is 3.13. The molecule has 0 spiro atoms. The average molecular weight is 194 g/mol. The van der Waals surface area contributed by atoms with Crippen LogP contribution in [0.25, 0.3) is 0 Å². The van der Waals surface area contributed by atoms with Crippen molar-refractivity contribution in [1.29, 1.82) is 0 Å². The predicted octanol–water partition coefficient (Wildman–Crippen LogP) is -2.83. The largest absolute Gasteiger partial charge is 0.396 e. The smallest absolute Gasteiger partial charge is 0.196 e. The fourth-order valence-corrected chi connectivity index (χ4v) is 1.27. The van der Waals surface area contributed by atoms with Crippen molar-refractivity contribution in [2.75, 3.05) is 13.2 Å². The van der Waals surface area contributed by atoms with Gasteiger partial charge in [-0.1, -0.05) is 0 Å². The first-order valence-electron chi connectivity index (χ1n) is 4.02. The molecule has 0 aromatic carbocycles. The van der Waals surface area contributed by atoms with Gasteiger partial charge in [0.2, 0.25) is 0 Å². The Labute approximate surface area is 75.0 Å². The molecule has 0 bridgehead atoms. The maximum Gasteiger partial charge on any atom is 0.196 e. The number of hydrogen-bond donors (Lipinski definition) is 5. The van der Waals surface area contributed by atoms with Gasteiger partial charge in [-0.2, -0.15) is 0 Å². The van der Waals surface area contributed by atoms with Crippen molar-refractivity contribution in [3.63, 3.8) is 0 Å². The van der Waals surface area contributed by atoms with E-state index in [1.165, 1.54) is 0 Å². The SMILES string of the molecule is OCCC1(O)OC[C@@H](O)[C@H](O)[C@H]1O. The second kappa shape index (κ2) is 3.87. The maximum atomic E-state index is 9.52. The molecule has 0 radical (unpaired) electrons. The number of aliphatic hydroxyl groups is 5. The van der Waals surface area contributed by atoms with Gasteiger partial charge in [0.25, 0.3) is 0 Å². The molecule has 1 heterocycles. The molecule has 0 amide bonds. The van der Waals surface area contributed by atoms with Gasteiger partial charge in [0.05, 0.1) is 6.61 Å². The first-order chi connectivity index (χ1) is 6.01. The van der Waals surface area contributed by atoms with Crippen molar-refractivity contribution in [3.8, 4) is 0 Å². The van der Waals surface area contributed by atoms with Crippen LogP contribution in [0.15, 0.2) is 0 Å². The maximum absolute atomic E-state index is 9.52. The molecule has 1 rings (SSSR count). The van der Waals surface area contributed by atoms with Crippen LogP contribution in [0.2, 0.25) is 0 Å². The Bertz CT molecular complexity index is 174. The lowest BCUT2D eigenvalue weighted by atomic mass is 9.95. The van der Waals surface area contributed by atoms with Crippen LogP contribution in [0.3, 0.4) is 0 Å². The molecule has 4 atom stereocenters. The van der Waals surface area contributed by atoms with Crippen LogP contribution in [0.5, 0.6) is 0 Å². The highest BCUT2D eigenvalue weighted by Gasteiger charge is 2.47. The summed E-state index contributed by atoms with van der Waals surface area (Å²) in [6.45, 7) is -0.648. The molecule has 6 heteroatoms. The van der Waals surface area contributed by atoms with E-state index in [0.717, 1.165) is 0 Å². The van der Waals surface area contributed by atoms with E-state index in [4.69, 9.17) is 14.9 Å². The third-order valence-corrected chi connectivity index (χ3v) is 2.15. The van der Waals surface area contributed by atoms with Crippen molar-refractivity contribution in [1.82, 2.24) is 0 Å².